The van der Waals surface area contributed by atoms with Gasteiger partial charge < -0.3 is 10.4 Å². The van der Waals surface area contributed by atoms with Gasteiger partial charge in [0.1, 0.15) is 6.54 Å². The van der Waals surface area contributed by atoms with Crippen LogP contribution < -0.4 is 5.32 Å². The van der Waals surface area contributed by atoms with Crippen molar-refractivity contribution >= 4 is 11.9 Å². The molecule has 0 aromatic carbocycles. The lowest BCUT2D eigenvalue weighted by atomic mass is 10.1. The number of aliphatic carboxylic acids is 1. The van der Waals surface area contributed by atoms with Crippen molar-refractivity contribution in [1.82, 2.24) is 15.1 Å². The van der Waals surface area contributed by atoms with E-state index in [0.717, 1.165) is 0 Å². The third kappa shape index (κ3) is 3.25. The maximum atomic E-state index is 12.5. The van der Waals surface area contributed by atoms with Crippen LogP contribution in [0.4, 0.5) is 8.78 Å². The summed E-state index contributed by atoms with van der Waals surface area (Å²) in [6.07, 6.45) is -0.169. The number of nitrogens with one attached hydrogen (secondary N) is 1. The van der Waals surface area contributed by atoms with Crippen LogP contribution >= 0.6 is 0 Å². The molecule has 0 aliphatic heterocycles. The molecular weight excluding hydrogens is 248 g/mol. The van der Waals surface area contributed by atoms with Crippen LogP contribution in [-0.2, 0) is 16.0 Å². The highest BCUT2D eigenvalue weighted by molar-refractivity contribution is 5.83. The summed E-state index contributed by atoms with van der Waals surface area (Å²) in [5.41, 5.74) is 0.921. The Hall–Kier alpha value is -1.99. The molecule has 6 nitrogen and oxygen atoms in total. The third-order valence-corrected chi connectivity index (χ3v) is 2.43. The van der Waals surface area contributed by atoms with E-state index in [1.54, 1.807) is 0 Å². The van der Waals surface area contributed by atoms with E-state index in [1.807, 2.05) is 0 Å². The highest BCUT2D eigenvalue weighted by atomic mass is 19.3. The molecule has 1 rings (SSSR count). The first-order valence-electron chi connectivity index (χ1n) is 5.14. The Labute approximate surface area is 102 Å². The summed E-state index contributed by atoms with van der Waals surface area (Å²) in [7, 11) is 0. The number of carboxylic acids is 1. The van der Waals surface area contributed by atoms with E-state index in [9.17, 15) is 18.4 Å². The summed E-state index contributed by atoms with van der Waals surface area (Å²) in [6, 6.07) is 0. The molecule has 0 saturated heterocycles. The zero-order valence-corrected chi connectivity index (χ0v) is 9.91. The molecule has 0 aliphatic carbocycles. The molecule has 18 heavy (non-hydrogen) atoms. The highest BCUT2D eigenvalue weighted by Gasteiger charge is 2.19. The van der Waals surface area contributed by atoms with Crippen LogP contribution in [0.3, 0.4) is 0 Å². The van der Waals surface area contributed by atoms with Gasteiger partial charge in [-0.25, -0.2) is 4.68 Å². The van der Waals surface area contributed by atoms with Crippen molar-refractivity contribution in [3.8, 4) is 0 Å². The minimum atomic E-state index is -2.76. The molecule has 100 valence electrons. The maximum absolute atomic E-state index is 12.5. The number of hydrogen-bond donors (Lipinski definition) is 2. The first kappa shape index (κ1) is 14.1. The maximum Gasteiger partial charge on any atom is 0.333 e. The molecule has 0 fully saturated rings. The van der Waals surface area contributed by atoms with E-state index >= 15 is 0 Å². The summed E-state index contributed by atoms with van der Waals surface area (Å²) in [5, 5.41) is 14.2. The van der Waals surface area contributed by atoms with Crippen molar-refractivity contribution in [2.45, 2.75) is 26.8 Å². The molecule has 0 radical (unpaired) electrons. The first-order valence-corrected chi connectivity index (χ1v) is 5.14. The van der Waals surface area contributed by atoms with Crippen molar-refractivity contribution < 1.29 is 23.5 Å². The summed E-state index contributed by atoms with van der Waals surface area (Å²) >= 11 is 0. The van der Waals surface area contributed by atoms with Gasteiger partial charge in [0.25, 0.3) is 0 Å². The largest absolute Gasteiger partial charge is 0.480 e. The Balaban J connectivity index is 2.78. The Morgan fingerprint density at radius 1 is 1.44 bits per heavy atom. The van der Waals surface area contributed by atoms with Crippen molar-refractivity contribution in [2.75, 3.05) is 6.54 Å². The predicted octanol–water partition coefficient (Wildman–Crippen LogP) is 0.638. The Kier molecular flexibility index (Phi) is 4.35. The van der Waals surface area contributed by atoms with Crippen molar-refractivity contribution in [3.63, 3.8) is 0 Å². The number of halogens is 2. The number of hydrogen-bond acceptors (Lipinski definition) is 3. The summed E-state index contributed by atoms with van der Waals surface area (Å²) < 4.78 is 25.6. The highest BCUT2D eigenvalue weighted by Crippen LogP contribution is 2.19. The standard InChI is InChI=1S/C10H13F2N3O3/c1-5-7(3-8(16)13-4-9(17)18)6(2)15(14-5)10(11)12/h10H,3-4H2,1-2H3,(H,13,16)(H,17,18). The number of carbonyl (C=O) groups excluding carboxylic acids is 1. The molecule has 1 amide bonds. The van der Waals surface area contributed by atoms with E-state index in [4.69, 9.17) is 5.11 Å². The number of carbonyl (C=O) groups is 2. The van der Waals surface area contributed by atoms with Crippen molar-refractivity contribution in [1.29, 1.82) is 0 Å². The Morgan fingerprint density at radius 3 is 2.50 bits per heavy atom. The smallest absolute Gasteiger partial charge is 0.333 e. The topological polar surface area (TPSA) is 84.2 Å². The molecule has 0 atom stereocenters. The average molecular weight is 261 g/mol. The van der Waals surface area contributed by atoms with Crippen LogP contribution in [0.2, 0.25) is 0 Å². The second-order valence-electron chi connectivity index (χ2n) is 3.72. The van der Waals surface area contributed by atoms with Gasteiger partial charge in [0.15, 0.2) is 0 Å². The van der Waals surface area contributed by atoms with Crippen LogP contribution in [0.25, 0.3) is 0 Å². The number of aromatic nitrogens is 2. The second kappa shape index (κ2) is 5.56. The normalized spacial score (nSPS) is 10.7. The van der Waals surface area contributed by atoms with Gasteiger partial charge >= 0.3 is 12.5 Å². The van der Waals surface area contributed by atoms with Crippen LogP contribution in [0.15, 0.2) is 0 Å². The van der Waals surface area contributed by atoms with Crippen LogP contribution in [0, 0.1) is 13.8 Å². The van der Waals surface area contributed by atoms with E-state index < -0.39 is 25.0 Å². The average Bonchev–Trinajstić information content (AvgIpc) is 2.54. The lowest BCUT2D eigenvalue weighted by molar-refractivity contribution is -0.137. The predicted molar refractivity (Wildman–Crippen MR) is 57.3 cm³/mol. The van der Waals surface area contributed by atoms with Crippen molar-refractivity contribution in [3.05, 3.63) is 17.0 Å². The summed E-state index contributed by atoms with van der Waals surface area (Å²) in [6.45, 7) is -0.308. The van der Waals surface area contributed by atoms with Gasteiger partial charge in [-0.05, 0) is 13.8 Å². The van der Waals surface area contributed by atoms with Gasteiger partial charge in [-0.3, -0.25) is 9.59 Å². The van der Waals surface area contributed by atoms with Gasteiger partial charge in [-0.15, -0.1) is 0 Å². The molecule has 0 bridgehead atoms. The molecule has 0 aliphatic rings. The number of alkyl halides is 2. The minimum Gasteiger partial charge on any atom is -0.480 e. The SMILES string of the molecule is Cc1nn(C(F)F)c(C)c1CC(=O)NCC(=O)O. The fourth-order valence-electron chi connectivity index (χ4n) is 1.54. The lowest BCUT2D eigenvalue weighted by Crippen LogP contribution is -2.30. The second-order valence-corrected chi connectivity index (χ2v) is 3.72. The summed E-state index contributed by atoms with van der Waals surface area (Å²) in [5.74, 6) is -1.71. The third-order valence-electron chi connectivity index (χ3n) is 2.43. The van der Waals surface area contributed by atoms with E-state index in [0.29, 0.717) is 15.9 Å². The van der Waals surface area contributed by atoms with E-state index in [2.05, 4.69) is 10.4 Å². The van der Waals surface area contributed by atoms with Gasteiger partial charge in [-0.1, -0.05) is 0 Å². The fourth-order valence-corrected chi connectivity index (χ4v) is 1.54. The van der Waals surface area contributed by atoms with E-state index in [1.165, 1.54) is 13.8 Å². The quantitative estimate of drug-likeness (QED) is 0.814. The molecule has 0 unspecified atom stereocenters. The van der Waals surface area contributed by atoms with Gasteiger partial charge in [-0.2, -0.15) is 13.9 Å². The molecule has 8 heteroatoms. The molecule has 0 saturated carbocycles. The minimum absolute atomic E-state index is 0.169. The van der Waals surface area contributed by atoms with Gasteiger partial charge in [0.05, 0.1) is 12.1 Å². The molecule has 0 spiro atoms. The number of carboxylic acid groups (broad SMARTS) is 1. The Morgan fingerprint density at radius 2 is 2.06 bits per heavy atom. The number of aryl methyl sites for hydroxylation is 1. The number of amides is 1. The Bertz CT molecular complexity index is 471. The van der Waals surface area contributed by atoms with Gasteiger partial charge in [0, 0.05) is 11.3 Å². The van der Waals surface area contributed by atoms with Gasteiger partial charge in [0.2, 0.25) is 5.91 Å². The lowest BCUT2D eigenvalue weighted by Gasteiger charge is -2.04. The molecule has 1 aromatic rings. The zero-order chi connectivity index (χ0) is 13.9. The van der Waals surface area contributed by atoms with Crippen LogP contribution in [0.5, 0.6) is 0 Å². The first-order chi connectivity index (χ1) is 8.32. The molecule has 1 aromatic heterocycles. The summed E-state index contributed by atoms with van der Waals surface area (Å²) in [4.78, 5) is 21.7. The van der Waals surface area contributed by atoms with Crippen molar-refractivity contribution in [2.24, 2.45) is 0 Å². The molecular formula is C10H13F2N3O3. The zero-order valence-electron chi connectivity index (χ0n) is 9.91. The monoisotopic (exact) mass is 261 g/mol. The molecule has 1 heterocycles. The van der Waals surface area contributed by atoms with Crippen LogP contribution in [-0.4, -0.2) is 33.3 Å². The fraction of sp³-hybridized carbons (Fsp3) is 0.500. The molecule has 2 N–H and O–H groups in total. The van der Waals surface area contributed by atoms with E-state index in [-0.39, 0.29) is 12.1 Å². The number of nitrogens with zero attached hydrogens (tertiary/aromatic N) is 2. The van der Waals surface area contributed by atoms with Crippen LogP contribution in [0.1, 0.15) is 23.5 Å². The number of rotatable bonds is 5.